The molecule has 0 aliphatic heterocycles. The molecular weight excluding hydrogens is 362 g/mol. The number of unbranched alkanes of at least 4 members (excludes halogenated alkanes) is 16. The molecule has 1 unspecified atom stereocenters. The molecule has 0 heterocycles. The van der Waals surface area contributed by atoms with Gasteiger partial charge in [-0.15, -0.1) is 6.58 Å². The minimum absolute atomic E-state index is 0.772. The van der Waals surface area contributed by atoms with Crippen LogP contribution in [0.15, 0.2) is 24.8 Å². The third-order valence-electron chi connectivity index (χ3n) is 6.48. The standard InChI is InChI=1S/C29H57N/c1-5-7-9-11-13-14-15-16-17-18-19-20-22-24-26-28-29(30(3)4)27-25-23-21-12-10-8-6-2/h6,12,21,29H,2,5,7-11,13-20,22-28H2,1,3-4H3. The van der Waals surface area contributed by atoms with E-state index in [2.05, 4.69) is 44.6 Å². The number of nitrogens with zero attached hydrogens (tertiary/aromatic N) is 1. The highest BCUT2D eigenvalue weighted by Crippen LogP contribution is 2.17. The van der Waals surface area contributed by atoms with E-state index in [9.17, 15) is 0 Å². The molecule has 0 fully saturated rings. The topological polar surface area (TPSA) is 3.24 Å². The van der Waals surface area contributed by atoms with Gasteiger partial charge in [-0.05, 0) is 52.6 Å². The zero-order valence-corrected chi connectivity index (χ0v) is 21.3. The molecule has 30 heavy (non-hydrogen) atoms. The minimum atomic E-state index is 0.772. The largest absolute Gasteiger partial charge is 0.306 e. The number of hydrogen-bond acceptors (Lipinski definition) is 1. The minimum Gasteiger partial charge on any atom is -0.306 e. The molecule has 0 N–H and O–H groups in total. The van der Waals surface area contributed by atoms with Gasteiger partial charge in [0.05, 0.1) is 0 Å². The summed E-state index contributed by atoms with van der Waals surface area (Å²) in [4.78, 5) is 2.45. The van der Waals surface area contributed by atoms with Crippen molar-refractivity contribution in [2.75, 3.05) is 14.1 Å². The van der Waals surface area contributed by atoms with Crippen molar-refractivity contribution >= 4 is 0 Å². The normalized spacial score (nSPS) is 12.8. The Morgan fingerprint density at radius 1 is 0.567 bits per heavy atom. The van der Waals surface area contributed by atoms with Crippen LogP contribution in [0, 0.1) is 0 Å². The van der Waals surface area contributed by atoms with Gasteiger partial charge in [-0.3, -0.25) is 0 Å². The first-order chi connectivity index (χ1) is 14.7. The van der Waals surface area contributed by atoms with Crippen LogP contribution >= 0.6 is 0 Å². The molecule has 0 radical (unpaired) electrons. The number of rotatable bonds is 24. The lowest BCUT2D eigenvalue weighted by Gasteiger charge is -2.24. The van der Waals surface area contributed by atoms with Gasteiger partial charge in [-0.2, -0.15) is 0 Å². The zero-order chi connectivity index (χ0) is 22.1. The van der Waals surface area contributed by atoms with E-state index >= 15 is 0 Å². The maximum absolute atomic E-state index is 3.78. The zero-order valence-electron chi connectivity index (χ0n) is 21.3. The maximum Gasteiger partial charge on any atom is 0.00892 e. The fourth-order valence-corrected chi connectivity index (χ4v) is 4.33. The van der Waals surface area contributed by atoms with E-state index in [1.807, 2.05) is 6.08 Å². The van der Waals surface area contributed by atoms with E-state index in [-0.39, 0.29) is 0 Å². The van der Waals surface area contributed by atoms with Gasteiger partial charge in [0.25, 0.3) is 0 Å². The van der Waals surface area contributed by atoms with E-state index in [1.54, 1.807) is 0 Å². The fourth-order valence-electron chi connectivity index (χ4n) is 4.33. The first-order valence-electron chi connectivity index (χ1n) is 13.6. The molecule has 0 aromatic heterocycles. The van der Waals surface area contributed by atoms with Crippen molar-refractivity contribution in [2.24, 2.45) is 0 Å². The van der Waals surface area contributed by atoms with Gasteiger partial charge in [0.2, 0.25) is 0 Å². The monoisotopic (exact) mass is 419 g/mol. The Balaban J connectivity index is 3.42. The number of hydrogen-bond donors (Lipinski definition) is 0. The van der Waals surface area contributed by atoms with Crippen LogP contribution in [0.3, 0.4) is 0 Å². The first kappa shape index (κ1) is 29.4. The van der Waals surface area contributed by atoms with E-state index in [4.69, 9.17) is 0 Å². The van der Waals surface area contributed by atoms with Crippen molar-refractivity contribution in [2.45, 2.75) is 148 Å². The highest BCUT2D eigenvalue weighted by Gasteiger charge is 2.10. The van der Waals surface area contributed by atoms with Gasteiger partial charge < -0.3 is 4.90 Å². The van der Waals surface area contributed by atoms with Crippen LogP contribution in [0.5, 0.6) is 0 Å². The van der Waals surface area contributed by atoms with E-state index < -0.39 is 0 Å². The summed E-state index contributed by atoms with van der Waals surface area (Å²) in [5, 5.41) is 0. The molecule has 0 rings (SSSR count). The van der Waals surface area contributed by atoms with Crippen molar-refractivity contribution in [1.29, 1.82) is 0 Å². The van der Waals surface area contributed by atoms with Gasteiger partial charge in [0, 0.05) is 6.04 Å². The molecule has 1 atom stereocenters. The Hall–Kier alpha value is -0.560. The van der Waals surface area contributed by atoms with E-state index in [0.717, 1.165) is 18.9 Å². The second-order valence-corrected chi connectivity index (χ2v) is 9.62. The quantitative estimate of drug-likeness (QED) is 0.111. The lowest BCUT2D eigenvalue weighted by atomic mass is 10.00. The van der Waals surface area contributed by atoms with Crippen LogP contribution in [0.4, 0.5) is 0 Å². The molecule has 1 nitrogen and oxygen atoms in total. The molecule has 0 amide bonds. The summed E-state index contributed by atoms with van der Waals surface area (Å²) >= 11 is 0. The molecule has 0 saturated carbocycles. The third kappa shape index (κ3) is 22.1. The Morgan fingerprint density at radius 3 is 1.47 bits per heavy atom. The second-order valence-electron chi connectivity index (χ2n) is 9.62. The van der Waals surface area contributed by atoms with Crippen molar-refractivity contribution in [3.63, 3.8) is 0 Å². The molecule has 1 heteroatoms. The summed E-state index contributed by atoms with van der Waals surface area (Å²) in [5.74, 6) is 0. The van der Waals surface area contributed by atoms with Gasteiger partial charge in [0.1, 0.15) is 0 Å². The van der Waals surface area contributed by atoms with Crippen LogP contribution in [-0.4, -0.2) is 25.0 Å². The average Bonchev–Trinajstić information content (AvgIpc) is 2.74. The molecule has 0 aromatic rings. The maximum atomic E-state index is 3.78. The Morgan fingerprint density at radius 2 is 1.00 bits per heavy atom. The molecular formula is C29H57N. The van der Waals surface area contributed by atoms with Gasteiger partial charge in [0.15, 0.2) is 0 Å². The van der Waals surface area contributed by atoms with Crippen LogP contribution in [-0.2, 0) is 0 Å². The second kappa shape index (κ2) is 24.7. The predicted molar refractivity (Wildman–Crippen MR) is 139 cm³/mol. The average molecular weight is 420 g/mol. The van der Waals surface area contributed by atoms with E-state index in [0.29, 0.717) is 0 Å². The van der Waals surface area contributed by atoms with Crippen molar-refractivity contribution in [1.82, 2.24) is 4.90 Å². The van der Waals surface area contributed by atoms with Gasteiger partial charge in [-0.25, -0.2) is 0 Å². The van der Waals surface area contributed by atoms with Crippen molar-refractivity contribution < 1.29 is 0 Å². The summed E-state index contributed by atoms with van der Waals surface area (Å²) < 4.78 is 0. The van der Waals surface area contributed by atoms with E-state index in [1.165, 1.54) is 122 Å². The lowest BCUT2D eigenvalue weighted by molar-refractivity contribution is 0.254. The molecule has 0 bridgehead atoms. The van der Waals surface area contributed by atoms with Crippen molar-refractivity contribution in [3.8, 4) is 0 Å². The Labute approximate surface area is 191 Å². The number of allylic oxidation sites excluding steroid dienone is 3. The highest BCUT2D eigenvalue weighted by atomic mass is 15.1. The smallest absolute Gasteiger partial charge is 0.00892 e. The molecule has 0 aromatic carbocycles. The van der Waals surface area contributed by atoms with Crippen LogP contribution in [0.1, 0.15) is 142 Å². The Bertz CT molecular complexity index is 357. The molecule has 0 saturated heterocycles. The first-order valence-corrected chi connectivity index (χ1v) is 13.6. The molecule has 0 spiro atoms. The molecule has 0 aliphatic rings. The summed E-state index contributed by atoms with van der Waals surface area (Å²) in [6.45, 7) is 6.08. The fraction of sp³-hybridized carbons (Fsp3) is 0.862. The van der Waals surface area contributed by atoms with Crippen LogP contribution < -0.4 is 0 Å². The van der Waals surface area contributed by atoms with Gasteiger partial charge >= 0.3 is 0 Å². The summed E-state index contributed by atoms with van der Waals surface area (Å²) in [6, 6.07) is 0.772. The molecule has 0 aliphatic carbocycles. The van der Waals surface area contributed by atoms with Crippen LogP contribution in [0.25, 0.3) is 0 Å². The molecule has 178 valence electrons. The Kier molecular flexibility index (Phi) is 24.2. The SMILES string of the molecule is C=CCCC=CCCCC(CCCCCCCCCCCCCCCCC)N(C)C. The summed E-state index contributed by atoms with van der Waals surface area (Å²) in [6.07, 6.45) is 36.0. The summed E-state index contributed by atoms with van der Waals surface area (Å²) in [7, 11) is 4.52. The predicted octanol–water partition coefficient (Wildman–Crippen LogP) is 9.87. The third-order valence-corrected chi connectivity index (χ3v) is 6.48. The lowest BCUT2D eigenvalue weighted by Crippen LogP contribution is -2.27. The summed E-state index contributed by atoms with van der Waals surface area (Å²) in [5.41, 5.74) is 0. The van der Waals surface area contributed by atoms with Crippen molar-refractivity contribution in [3.05, 3.63) is 24.8 Å². The van der Waals surface area contributed by atoms with Crippen LogP contribution in [0.2, 0.25) is 0 Å². The highest BCUT2D eigenvalue weighted by molar-refractivity contribution is 4.84. The van der Waals surface area contributed by atoms with Gasteiger partial charge in [-0.1, -0.05) is 121 Å².